The van der Waals surface area contributed by atoms with Crippen LogP contribution in [0.4, 0.5) is 5.69 Å². The summed E-state index contributed by atoms with van der Waals surface area (Å²) in [5.41, 5.74) is 2.02. The van der Waals surface area contributed by atoms with Crippen molar-refractivity contribution in [2.45, 2.75) is 18.9 Å². The van der Waals surface area contributed by atoms with E-state index in [0.29, 0.717) is 23.4 Å². The number of ether oxygens (including phenoxy) is 1. The topological polar surface area (TPSA) is 75.7 Å². The summed E-state index contributed by atoms with van der Waals surface area (Å²) in [4.78, 5) is 38.7. The first kappa shape index (κ1) is 19.5. The van der Waals surface area contributed by atoms with Gasteiger partial charge in [-0.1, -0.05) is 28.1 Å². The van der Waals surface area contributed by atoms with Crippen LogP contribution in [0.1, 0.15) is 39.1 Å². The minimum Gasteiger partial charge on any atom is -0.376 e. The summed E-state index contributed by atoms with van der Waals surface area (Å²) in [6.07, 6.45) is 4.82. The number of fused-ring (bicyclic) bond motifs is 1. The third-order valence-electron chi connectivity index (χ3n) is 4.95. The van der Waals surface area contributed by atoms with Crippen molar-refractivity contribution in [1.82, 2.24) is 4.90 Å². The van der Waals surface area contributed by atoms with Crippen molar-refractivity contribution in [1.29, 1.82) is 0 Å². The molecule has 0 radical (unpaired) electrons. The molecule has 0 aromatic heterocycles. The molecular weight excluding hydrogens is 436 g/mol. The number of carbonyl (C=O) groups excluding carboxylic acids is 3. The Morgan fingerprint density at radius 2 is 1.90 bits per heavy atom. The molecule has 2 aliphatic rings. The van der Waals surface area contributed by atoms with E-state index in [0.717, 1.165) is 22.9 Å². The third kappa shape index (κ3) is 4.31. The fourth-order valence-corrected chi connectivity index (χ4v) is 3.72. The van der Waals surface area contributed by atoms with Crippen molar-refractivity contribution in [2.24, 2.45) is 0 Å². The van der Waals surface area contributed by atoms with Crippen LogP contribution < -0.4 is 5.32 Å². The molecule has 6 nitrogen and oxygen atoms in total. The maximum atomic E-state index is 12.7. The zero-order chi connectivity index (χ0) is 20.4. The van der Waals surface area contributed by atoms with Crippen LogP contribution in [-0.4, -0.2) is 41.9 Å². The van der Waals surface area contributed by atoms with Gasteiger partial charge < -0.3 is 10.1 Å². The van der Waals surface area contributed by atoms with Gasteiger partial charge in [0.25, 0.3) is 11.8 Å². The SMILES string of the molecule is O=C(/C=C/c1ccc(Br)cc1)Nc1ccc2c(c1)C(=O)N(CC1CCCO1)C2=O. The van der Waals surface area contributed by atoms with E-state index in [-0.39, 0.29) is 30.4 Å². The van der Waals surface area contributed by atoms with Crippen LogP contribution in [0.15, 0.2) is 53.0 Å². The molecule has 1 unspecified atom stereocenters. The fraction of sp³-hybridized carbons (Fsp3) is 0.227. The van der Waals surface area contributed by atoms with Gasteiger partial charge in [-0.3, -0.25) is 19.3 Å². The van der Waals surface area contributed by atoms with Crippen molar-refractivity contribution in [3.05, 3.63) is 69.7 Å². The molecule has 0 saturated carbocycles. The van der Waals surface area contributed by atoms with Crippen LogP contribution in [0.3, 0.4) is 0 Å². The van der Waals surface area contributed by atoms with Crippen molar-refractivity contribution in [2.75, 3.05) is 18.5 Å². The van der Waals surface area contributed by atoms with Gasteiger partial charge in [-0.25, -0.2) is 0 Å². The van der Waals surface area contributed by atoms with E-state index in [4.69, 9.17) is 4.74 Å². The normalized spacial score (nSPS) is 18.5. The van der Waals surface area contributed by atoms with E-state index < -0.39 is 0 Å². The molecule has 29 heavy (non-hydrogen) atoms. The second-order valence-corrected chi connectivity index (χ2v) is 7.91. The number of imide groups is 1. The highest BCUT2D eigenvalue weighted by Gasteiger charge is 2.37. The minimum atomic E-state index is -0.345. The molecule has 0 spiro atoms. The lowest BCUT2D eigenvalue weighted by Gasteiger charge is -2.17. The molecule has 3 amide bonds. The van der Waals surface area contributed by atoms with Crippen molar-refractivity contribution in [3.63, 3.8) is 0 Å². The lowest BCUT2D eigenvalue weighted by molar-refractivity contribution is -0.111. The fourth-order valence-electron chi connectivity index (χ4n) is 3.46. The molecular formula is C22H19BrN2O4. The Balaban J connectivity index is 1.44. The number of nitrogens with one attached hydrogen (secondary N) is 1. The largest absolute Gasteiger partial charge is 0.376 e. The predicted octanol–water partition coefficient (Wildman–Crippen LogP) is 3.88. The van der Waals surface area contributed by atoms with E-state index in [1.807, 2.05) is 24.3 Å². The van der Waals surface area contributed by atoms with E-state index in [1.165, 1.54) is 11.0 Å². The Labute approximate surface area is 176 Å². The number of anilines is 1. The van der Waals surface area contributed by atoms with Crippen molar-refractivity contribution < 1.29 is 19.1 Å². The van der Waals surface area contributed by atoms with E-state index in [1.54, 1.807) is 24.3 Å². The number of amides is 3. The second kappa shape index (κ2) is 8.31. The molecule has 4 rings (SSSR count). The molecule has 0 bridgehead atoms. The minimum absolute atomic E-state index is 0.0971. The summed E-state index contributed by atoms with van der Waals surface area (Å²) in [6, 6.07) is 12.3. The predicted molar refractivity (Wildman–Crippen MR) is 113 cm³/mol. The van der Waals surface area contributed by atoms with Gasteiger partial charge in [-0.2, -0.15) is 0 Å². The lowest BCUT2D eigenvalue weighted by Crippen LogP contribution is -2.36. The molecule has 0 aliphatic carbocycles. The number of carbonyl (C=O) groups is 3. The Morgan fingerprint density at radius 3 is 2.62 bits per heavy atom. The van der Waals surface area contributed by atoms with Crippen LogP contribution in [-0.2, 0) is 9.53 Å². The Hall–Kier alpha value is -2.77. The van der Waals surface area contributed by atoms with Gasteiger partial charge in [0.15, 0.2) is 0 Å². The van der Waals surface area contributed by atoms with Gasteiger partial charge in [0.05, 0.1) is 23.8 Å². The molecule has 2 aliphatic heterocycles. The molecule has 2 aromatic carbocycles. The molecule has 1 saturated heterocycles. The number of rotatable bonds is 5. The third-order valence-corrected chi connectivity index (χ3v) is 5.47. The average molecular weight is 455 g/mol. The van der Waals surface area contributed by atoms with Gasteiger partial charge in [-0.15, -0.1) is 0 Å². The Morgan fingerprint density at radius 1 is 1.14 bits per heavy atom. The first-order chi connectivity index (χ1) is 14.0. The zero-order valence-electron chi connectivity index (χ0n) is 15.6. The van der Waals surface area contributed by atoms with E-state index in [9.17, 15) is 14.4 Å². The lowest BCUT2D eigenvalue weighted by atomic mass is 10.1. The maximum absolute atomic E-state index is 12.7. The van der Waals surface area contributed by atoms with Crippen molar-refractivity contribution >= 4 is 45.4 Å². The van der Waals surface area contributed by atoms with Crippen LogP contribution >= 0.6 is 15.9 Å². The van der Waals surface area contributed by atoms with Gasteiger partial charge in [-0.05, 0) is 54.8 Å². The first-order valence-electron chi connectivity index (χ1n) is 9.38. The van der Waals surface area contributed by atoms with E-state index >= 15 is 0 Å². The summed E-state index contributed by atoms with van der Waals surface area (Å²) < 4.78 is 6.51. The summed E-state index contributed by atoms with van der Waals surface area (Å²) >= 11 is 3.37. The number of hydrogen-bond donors (Lipinski definition) is 1. The Bertz CT molecular complexity index is 994. The quantitative estimate of drug-likeness (QED) is 0.549. The molecule has 1 atom stereocenters. The summed E-state index contributed by atoms with van der Waals surface area (Å²) in [5.74, 6) is -0.976. The molecule has 1 fully saturated rings. The van der Waals surface area contributed by atoms with Gasteiger partial charge in [0, 0.05) is 22.8 Å². The van der Waals surface area contributed by atoms with Gasteiger partial charge >= 0.3 is 0 Å². The maximum Gasteiger partial charge on any atom is 0.261 e. The number of benzene rings is 2. The van der Waals surface area contributed by atoms with Gasteiger partial charge in [0.2, 0.25) is 5.91 Å². The monoisotopic (exact) mass is 454 g/mol. The number of nitrogens with zero attached hydrogens (tertiary/aromatic N) is 1. The average Bonchev–Trinajstić information content (AvgIpc) is 3.31. The molecule has 148 valence electrons. The second-order valence-electron chi connectivity index (χ2n) is 6.99. The molecule has 2 heterocycles. The summed E-state index contributed by atoms with van der Waals surface area (Å²) in [5, 5.41) is 2.73. The molecule has 1 N–H and O–H groups in total. The van der Waals surface area contributed by atoms with Crippen LogP contribution in [0.25, 0.3) is 6.08 Å². The summed E-state index contributed by atoms with van der Waals surface area (Å²) in [7, 11) is 0. The highest BCUT2D eigenvalue weighted by Crippen LogP contribution is 2.27. The zero-order valence-corrected chi connectivity index (χ0v) is 17.1. The number of halogens is 1. The van der Waals surface area contributed by atoms with Crippen molar-refractivity contribution in [3.8, 4) is 0 Å². The first-order valence-corrected chi connectivity index (χ1v) is 10.2. The van der Waals surface area contributed by atoms with E-state index in [2.05, 4.69) is 21.2 Å². The van der Waals surface area contributed by atoms with Crippen LogP contribution in [0.5, 0.6) is 0 Å². The molecule has 2 aromatic rings. The van der Waals surface area contributed by atoms with Crippen LogP contribution in [0.2, 0.25) is 0 Å². The number of hydrogen-bond acceptors (Lipinski definition) is 4. The van der Waals surface area contributed by atoms with Crippen LogP contribution in [0, 0.1) is 0 Å². The standard InChI is InChI=1S/C22H19BrN2O4/c23-15-6-3-14(4-7-15)5-10-20(26)24-16-8-9-18-19(12-16)22(28)25(21(18)27)13-17-2-1-11-29-17/h3-10,12,17H,1-2,11,13H2,(H,24,26)/b10-5+. The smallest absolute Gasteiger partial charge is 0.261 e. The van der Waals surface area contributed by atoms with Gasteiger partial charge in [0.1, 0.15) is 0 Å². The highest BCUT2D eigenvalue weighted by molar-refractivity contribution is 9.10. The molecule has 7 heteroatoms. The Kier molecular flexibility index (Phi) is 5.60. The summed E-state index contributed by atoms with van der Waals surface area (Å²) in [6.45, 7) is 0.932. The highest BCUT2D eigenvalue weighted by atomic mass is 79.9.